The molecule has 0 amide bonds. The Hall–Kier alpha value is -1.56. The Morgan fingerprint density at radius 3 is 3.06 bits per heavy atom. The molecule has 94 valence electrons. The Labute approximate surface area is 108 Å². The molecule has 0 spiro atoms. The van der Waals surface area contributed by atoms with Gasteiger partial charge in [0, 0.05) is 5.56 Å². The van der Waals surface area contributed by atoms with E-state index < -0.39 is 5.82 Å². The van der Waals surface area contributed by atoms with E-state index in [1.165, 1.54) is 18.6 Å². The summed E-state index contributed by atoms with van der Waals surface area (Å²) in [6.07, 6.45) is 2.25. The van der Waals surface area contributed by atoms with E-state index in [1.807, 2.05) is 11.8 Å². The fourth-order valence-electron chi connectivity index (χ4n) is 1.92. The number of nitrogens with zero attached hydrogens (tertiary/aromatic N) is 2. The van der Waals surface area contributed by atoms with E-state index in [2.05, 4.69) is 10.1 Å². The zero-order chi connectivity index (χ0) is 12.5. The molecule has 1 unspecified atom stereocenters. The third-order valence-corrected chi connectivity index (χ3v) is 4.28. The third kappa shape index (κ3) is 2.08. The molecule has 0 aliphatic carbocycles. The highest BCUT2D eigenvalue weighted by Crippen LogP contribution is 2.38. The fourth-order valence-corrected chi connectivity index (χ4v) is 3.12. The maximum Gasteiger partial charge on any atom is 0.258 e. The van der Waals surface area contributed by atoms with Crippen LogP contribution in [0.1, 0.15) is 23.9 Å². The van der Waals surface area contributed by atoms with E-state index >= 15 is 0 Å². The van der Waals surface area contributed by atoms with Crippen LogP contribution in [0.25, 0.3) is 11.5 Å². The van der Waals surface area contributed by atoms with E-state index in [0.29, 0.717) is 22.5 Å². The molecular formula is C12H12FN3OS. The smallest absolute Gasteiger partial charge is 0.258 e. The van der Waals surface area contributed by atoms with Crippen molar-refractivity contribution in [2.45, 2.75) is 18.1 Å². The first-order valence-electron chi connectivity index (χ1n) is 5.74. The molecule has 18 heavy (non-hydrogen) atoms. The van der Waals surface area contributed by atoms with Gasteiger partial charge in [0.05, 0.1) is 10.9 Å². The minimum atomic E-state index is -0.470. The number of hydrogen-bond acceptors (Lipinski definition) is 5. The first-order valence-corrected chi connectivity index (χ1v) is 6.79. The zero-order valence-electron chi connectivity index (χ0n) is 9.60. The van der Waals surface area contributed by atoms with Gasteiger partial charge in [-0.05, 0) is 36.8 Å². The Balaban J connectivity index is 1.89. The summed E-state index contributed by atoms with van der Waals surface area (Å²) >= 11 is 1.83. The molecule has 1 aliphatic heterocycles. The molecular weight excluding hydrogens is 253 g/mol. The standard InChI is InChI=1S/C12H12FN3OS/c13-8-6-7(3-4-9(8)14)12-15-11(16-17-12)10-2-1-5-18-10/h3-4,6,10H,1-2,5,14H2. The van der Waals surface area contributed by atoms with E-state index in [4.69, 9.17) is 10.3 Å². The Bertz CT molecular complexity index is 566. The van der Waals surface area contributed by atoms with Gasteiger partial charge in [-0.2, -0.15) is 16.7 Å². The van der Waals surface area contributed by atoms with Crippen molar-refractivity contribution < 1.29 is 8.91 Å². The average molecular weight is 265 g/mol. The molecule has 0 bridgehead atoms. The zero-order valence-corrected chi connectivity index (χ0v) is 10.4. The highest BCUT2D eigenvalue weighted by Gasteiger charge is 2.23. The van der Waals surface area contributed by atoms with Crippen LogP contribution in [0.3, 0.4) is 0 Å². The van der Waals surface area contributed by atoms with Crippen LogP contribution in [0.4, 0.5) is 10.1 Å². The molecule has 1 saturated heterocycles. The summed E-state index contributed by atoms with van der Waals surface area (Å²) in [6.45, 7) is 0. The summed E-state index contributed by atoms with van der Waals surface area (Å²) in [4.78, 5) is 4.33. The fraction of sp³-hybridized carbons (Fsp3) is 0.333. The maximum absolute atomic E-state index is 13.4. The van der Waals surface area contributed by atoms with Crippen LogP contribution in [-0.4, -0.2) is 15.9 Å². The van der Waals surface area contributed by atoms with Gasteiger partial charge in [0.15, 0.2) is 5.82 Å². The molecule has 0 radical (unpaired) electrons. The minimum absolute atomic E-state index is 0.116. The van der Waals surface area contributed by atoms with Crippen LogP contribution in [0.15, 0.2) is 22.7 Å². The van der Waals surface area contributed by atoms with Crippen molar-refractivity contribution in [3.8, 4) is 11.5 Å². The second kappa shape index (κ2) is 4.61. The predicted octanol–water partition coefficient (Wildman–Crippen LogP) is 3.03. The number of thioether (sulfide) groups is 1. The van der Waals surface area contributed by atoms with Gasteiger partial charge < -0.3 is 10.3 Å². The number of nitrogen functional groups attached to an aromatic ring is 1. The molecule has 2 heterocycles. The number of anilines is 1. The lowest BCUT2D eigenvalue weighted by molar-refractivity contribution is 0.421. The van der Waals surface area contributed by atoms with Gasteiger partial charge in [-0.3, -0.25) is 0 Å². The highest BCUT2D eigenvalue weighted by molar-refractivity contribution is 7.99. The molecule has 2 aromatic rings. The first-order chi connectivity index (χ1) is 8.74. The minimum Gasteiger partial charge on any atom is -0.396 e. The van der Waals surface area contributed by atoms with Crippen molar-refractivity contribution in [2.75, 3.05) is 11.5 Å². The number of nitrogens with two attached hydrogens (primary N) is 1. The topological polar surface area (TPSA) is 64.9 Å². The number of aromatic nitrogens is 2. The lowest BCUT2D eigenvalue weighted by Gasteiger charge is -1.99. The van der Waals surface area contributed by atoms with Crippen LogP contribution < -0.4 is 5.73 Å². The second-order valence-corrected chi connectivity index (χ2v) is 5.51. The molecule has 1 fully saturated rings. The summed E-state index contributed by atoms with van der Waals surface area (Å²) < 4.78 is 18.5. The molecule has 4 nitrogen and oxygen atoms in total. The van der Waals surface area contributed by atoms with Gasteiger partial charge >= 0.3 is 0 Å². The largest absolute Gasteiger partial charge is 0.396 e. The number of halogens is 1. The van der Waals surface area contributed by atoms with Crippen molar-refractivity contribution >= 4 is 17.4 Å². The van der Waals surface area contributed by atoms with E-state index in [1.54, 1.807) is 6.07 Å². The molecule has 1 atom stereocenters. The summed E-state index contributed by atoms with van der Waals surface area (Å²) in [7, 11) is 0. The van der Waals surface area contributed by atoms with Crippen molar-refractivity contribution in [3.63, 3.8) is 0 Å². The monoisotopic (exact) mass is 265 g/mol. The van der Waals surface area contributed by atoms with Crippen LogP contribution in [0.2, 0.25) is 0 Å². The van der Waals surface area contributed by atoms with Crippen molar-refractivity contribution in [2.24, 2.45) is 0 Å². The molecule has 2 N–H and O–H groups in total. The normalized spacial score (nSPS) is 19.3. The van der Waals surface area contributed by atoms with Crippen LogP contribution in [0.5, 0.6) is 0 Å². The Morgan fingerprint density at radius 2 is 2.33 bits per heavy atom. The quantitative estimate of drug-likeness (QED) is 0.845. The molecule has 3 rings (SSSR count). The lowest BCUT2D eigenvalue weighted by atomic mass is 10.2. The molecule has 1 aliphatic rings. The van der Waals surface area contributed by atoms with Crippen LogP contribution in [-0.2, 0) is 0 Å². The van der Waals surface area contributed by atoms with Crippen LogP contribution in [0, 0.1) is 5.82 Å². The third-order valence-electron chi connectivity index (χ3n) is 2.91. The summed E-state index contributed by atoms with van der Waals surface area (Å²) in [5.74, 6) is 1.70. The Kier molecular flexibility index (Phi) is 2.95. The van der Waals surface area contributed by atoms with Crippen molar-refractivity contribution in [1.29, 1.82) is 0 Å². The van der Waals surface area contributed by atoms with E-state index in [0.717, 1.165) is 12.2 Å². The van der Waals surface area contributed by atoms with E-state index in [-0.39, 0.29) is 5.69 Å². The number of rotatable bonds is 2. The first kappa shape index (κ1) is 11.5. The highest BCUT2D eigenvalue weighted by atomic mass is 32.2. The van der Waals surface area contributed by atoms with Gasteiger partial charge in [0.1, 0.15) is 5.82 Å². The van der Waals surface area contributed by atoms with Gasteiger partial charge in [-0.15, -0.1) is 0 Å². The second-order valence-electron chi connectivity index (χ2n) is 4.20. The van der Waals surface area contributed by atoms with Gasteiger partial charge in [-0.1, -0.05) is 5.16 Å². The number of benzene rings is 1. The average Bonchev–Trinajstić information content (AvgIpc) is 3.01. The van der Waals surface area contributed by atoms with Crippen molar-refractivity contribution in [3.05, 3.63) is 29.8 Å². The predicted molar refractivity (Wildman–Crippen MR) is 68.5 cm³/mol. The summed E-state index contributed by atoms with van der Waals surface area (Å²) in [5.41, 5.74) is 6.10. The molecule has 1 aromatic carbocycles. The number of hydrogen-bond donors (Lipinski definition) is 1. The van der Waals surface area contributed by atoms with Crippen LogP contribution >= 0.6 is 11.8 Å². The summed E-state index contributed by atoms with van der Waals surface area (Å²) in [5, 5.41) is 4.27. The van der Waals surface area contributed by atoms with Gasteiger partial charge in [0.2, 0.25) is 0 Å². The van der Waals surface area contributed by atoms with E-state index in [9.17, 15) is 4.39 Å². The lowest BCUT2D eigenvalue weighted by Crippen LogP contribution is -1.92. The SMILES string of the molecule is Nc1ccc(-c2nc(C3CCCS3)no2)cc1F. The molecule has 0 saturated carbocycles. The van der Waals surface area contributed by atoms with Crippen molar-refractivity contribution in [1.82, 2.24) is 10.1 Å². The molecule has 1 aromatic heterocycles. The Morgan fingerprint density at radius 1 is 1.44 bits per heavy atom. The molecule has 6 heteroatoms. The van der Waals surface area contributed by atoms with Gasteiger partial charge in [-0.25, -0.2) is 4.39 Å². The summed E-state index contributed by atoms with van der Waals surface area (Å²) in [6, 6.07) is 4.49. The maximum atomic E-state index is 13.4. The van der Waals surface area contributed by atoms with Gasteiger partial charge in [0.25, 0.3) is 5.89 Å².